The molecule has 0 radical (unpaired) electrons. The number of aliphatic imine (C=N–C) groups is 1. The fraction of sp³-hybridized carbons (Fsp3) is 0.269. The number of nitrogens with zero attached hydrogens (tertiary/aromatic N) is 2. The normalized spacial score (nSPS) is 15.6. The van der Waals surface area contributed by atoms with Gasteiger partial charge in [0.2, 0.25) is 0 Å². The van der Waals surface area contributed by atoms with Crippen LogP contribution in [0.5, 0.6) is 5.75 Å². The molecular formula is C26H28N2O. The van der Waals surface area contributed by atoms with Crippen molar-refractivity contribution < 1.29 is 4.74 Å². The Morgan fingerprint density at radius 2 is 1.69 bits per heavy atom. The first-order valence-electron chi connectivity index (χ1n) is 10.3. The maximum atomic E-state index is 5.41. The summed E-state index contributed by atoms with van der Waals surface area (Å²) in [7, 11) is 1.72. The Kier molecular flexibility index (Phi) is 6.38. The summed E-state index contributed by atoms with van der Waals surface area (Å²) in [5, 5.41) is 0. The van der Waals surface area contributed by atoms with Crippen molar-refractivity contribution in [3.8, 4) is 16.9 Å². The number of hydrogen-bond donors (Lipinski definition) is 0. The standard InChI is InChI=1S/C26H28N2O/c1-29-25-12-7-11-22(18-25)26-13-6-5-10-23(26)20-28-16-14-24(15-17-28)27-19-21-8-3-2-4-9-21/h2-13,18-19,24H,14-17,20H2,1H3. The van der Waals surface area contributed by atoms with Gasteiger partial charge in [0.25, 0.3) is 0 Å². The van der Waals surface area contributed by atoms with E-state index in [1.165, 1.54) is 22.3 Å². The van der Waals surface area contributed by atoms with Crippen LogP contribution in [-0.4, -0.2) is 37.4 Å². The third-order valence-corrected chi connectivity index (χ3v) is 5.58. The number of ether oxygens (including phenoxy) is 1. The second-order valence-corrected chi connectivity index (χ2v) is 7.59. The van der Waals surface area contributed by atoms with E-state index in [-0.39, 0.29) is 0 Å². The van der Waals surface area contributed by atoms with Gasteiger partial charge in [-0.2, -0.15) is 0 Å². The highest BCUT2D eigenvalue weighted by Gasteiger charge is 2.19. The van der Waals surface area contributed by atoms with Gasteiger partial charge in [-0.1, -0.05) is 66.7 Å². The highest BCUT2D eigenvalue weighted by atomic mass is 16.5. The fourth-order valence-corrected chi connectivity index (χ4v) is 3.93. The minimum Gasteiger partial charge on any atom is -0.497 e. The minimum absolute atomic E-state index is 0.431. The quantitative estimate of drug-likeness (QED) is 0.528. The van der Waals surface area contributed by atoms with Gasteiger partial charge in [-0.15, -0.1) is 0 Å². The van der Waals surface area contributed by atoms with Crippen molar-refractivity contribution in [3.63, 3.8) is 0 Å². The summed E-state index contributed by atoms with van der Waals surface area (Å²) in [5.41, 5.74) is 5.05. The zero-order valence-electron chi connectivity index (χ0n) is 17.0. The predicted octanol–water partition coefficient (Wildman–Crippen LogP) is 5.45. The molecule has 0 atom stereocenters. The Balaban J connectivity index is 1.39. The van der Waals surface area contributed by atoms with Crippen LogP contribution in [-0.2, 0) is 6.54 Å². The van der Waals surface area contributed by atoms with Crippen LogP contribution in [0.2, 0.25) is 0 Å². The molecule has 148 valence electrons. The molecule has 0 aliphatic carbocycles. The van der Waals surface area contributed by atoms with E-state index in [2.05, 4.69) is 71.6 Å². The Labute approximate surface area is 173 Å². The maximum Gasteiger partial charge on any atom is 0.119 e. The predicted molar refractivity (Wildman–Crippen MR) is 121 cm³/mol. The second-order valence-electron chi connectivity index (χ2n) is 7.59. The Morgan fingerprint density at radius 3 is 2.48 bits per heavy atom. The molecule has 1 fully saturated rings. The van der Waals surface area contributed by atoms with Crippen LogP contribution in [0.15, 0.2) is 83.9 Å². The minimum atomic E-state index is 0.431. The van der Waals surface area contributed by atoms with E-state index < -0.39 is 0 Å². The van der Waals surface area contributed by atoms with Gasteiger partial charge in [0.05, 0.1) is 13.2 Å². The summed E-state index contributed by atoms with van der Waals surface area (Å²) in [6, 6.07) is 27.8. The monoisotopic (exact) mass is 384 g/mol. The molecule has 3 nitrogen and oxygen atoms in total. The topological polar surface area (TPSA) is 24.8 Å². The number of piperidine rings is 1. The molecule has 0 bridgehead atoms. The molecule has 0 unspecified atom stereocenters. The van der Waals surface area contributed by atoms with Gasteiger partial charge in [0.15, 0.2) is 0 Å². The van der Waals surface area contributed by atoms with Crippen molar-refractivity contribution in [1.82, 2.24) is 4.90 Å². The molecule has 3 aromatic rings. The summed E-state index contributed by atoms with van der Waals surface area (Å²) < 4.78 is 5.41. The van der Waals surface area contributed by atoms with Gasteiger partial charge in [-0.05, 0) is 47.2 Å². The molecule has 1 aliphatic rings. The van der Waals surface area contributed by atoms with E-state index >= 15 is 0 Å². The van der Waals surface area contributed by atoms with Crippen LogP contribution in [0.1, 0.15) is 24.0 Å². The van der Waals surface area contributed by atoms with Crippen LogP contribution < -0.4 is 4.74 Å². The van der Waals surface area contributed by atoms with Crippen LogP contribution in [0.25, 0.3) is 11.1 Å². The molecule has 0 N–H and O–H groups in total. The van der Waals surface area contributed by atoms with Crippen molar-refractivity contribution in [3.05, 3.63) is 90.0 Å². The average Bonchev–Trinajstić information content (AvgIpc) is 2.80. The number of methoxy groups -OCH3 is 1. The van der Waals surface area contributed by atoms with E-state index in [1.54, 1.807) is 7.11 Å². The summed E-state index contributed by atoms with van der Waals surface area (Å²) in [6.45, 7) is 3.15. The summed E-state index contributed by atoms with van der Waals surface area (Å²) in [6.07, 6.45) is 4.26. The SMILES string of the molecule is COc1cccc(-c2ccccc2CN2CCC(N=Cc3ccccc3)CC2)c1. The molecule has 4 rings (SSSR count). The van der Waals surface area contributed by atoms with Crippen LogP contribution in [0.3, 0.4) is 0 Å². The molecule has 0 amide bonds. The lowest BCUT2D eigenvalue weighted by Gasteiger charge is -2.30. The lowest BCUT2D eigenvalue weighted by Crippen LogP contribution is -2.35. The van der Waals surface area contributed by atoms with Crippen molar-refractivity contribution in [1.29, 1.82) is 0 Å². The highest BCUT2D eigenvalue weighted by molar-refractivity contribution is 5.79. The first-order chi connectivity index (χ1) is 14.3. The van der Waals surface area contributed by atoms with E-state index in [0.717, 1.165) is 38.2 Å². The lowest BCUT2D eigenvalue weighted by molar-refractivity contribution is 0.207. The number of benzene rings is 3. The lowest BCUT2D eigenvalue weighted by atomic mass is 9.98. The van der Waals surface area contributed by atoms with Gasteiger partial charge in [0.1, 0.15) is 5.75 Å². The first-order valence-corrected chi connectivity index (χ1v) is 10.3. The average molecular weight is 385 g/mol. The Hall–Kier alpha value is -2.91. The summed E-state index contributed by atoms with van der Waals surface area (Å²) in [5.74, 6) is 0.898. The van der Waals surface area contributed by atoms with Gasteiger partial charge in [-0.3, -0.25) is 9.89 Å². The number of likely N-dealkylation sites (tertiary alicyclic amines) is 1. The largest absolute Gasteiger partial charge is 0.497 e. The van der Waals surface area contributed by atoms with Gasteiger partial charge >= 0.3 is 0 Å². The van der Waals surface area contributed by atoms with Crippen molar-refractivity contribution in [2.75, 3.05) is 20.2 Å². The van der Waals surface area contributed by atoms with Gasteiger partial charge in [-0.25, -0.2) is 0 Å². The fourth-order valence-electron chi connectivity index (χ4n) is 3.93. The third kappa shape index (κ3) is 5.12. The molecule has 0 spiro atoms. The zero-order chi connectivity index (χ0) is 19.9. The van der Waals surface area contributed by atoms with Crippen LogP contribution in [0.4, 0.5) is 0 Å². The van der Waals surface area contributed by atoms with Crippen molar-refractivity contribution in [2.45, 2.75) is 25.4 Å². The number of rotatable bonds is 6. The van der Waals surface area contributed by atoms with E-state index in [4.69, 9.17) is 9.73 Å². The van der Waals surface area contributed by atoms with E-state index in [9.17, 15) is 0 Å². The molecule has 1 saturated heterocycles. The molecule has 1 aliphatic heterocycles. The molecule has 29 heavy (non-hydrogen) atoms. The van der Waals surface area contributed by atoms with Gasteiger partial charge in [0, 0.05) is 25.8 Å². The Bertz CT molecular complexity index is 944. The molecule has 3 heteroatoms. The molecule has 0 saturated carbocycles. The molecule has 0 aromatic heterocycles. The highest BCUT2D eigenvalue weighted by Crippen LogP contribution is 2.28. The molecule has 3 aromatic carbocycles. The number of hydrogen-bond acceptors (Lipinski definition) is 3. The van der Waals surface area contributed by atoms with Crippen LogP contribution >= 0.6 is 0 Å². The maximum absolute atomic E-state index is 5.41. The summed E-state index contributed by atoms with van der Waals surface area (Å²) in [4.78, 5) is 7.36. The van der Waals surface area contributed by atoms with E-state index in [1.807, 2.05) is 18.3 Å². The third-order valence-electron chi connectivity index (χ3n) is 5.58. The van der Waals surface area contributed by atoms with Crippen LogP contribution in [0, 0.1) is 0 Å². The van der Waals surface area contributed by atoms with Crippen molar-refractivity contribution in [2.24, 2.45) is 4.99 Å². The van der Waals surface area contributed by atoms with Crippen molar-refractivity contribution >= 4 is 6.21 Å². The smallest absolute Gasteiger partial charge is 0.119 e. The van der Waals surface area contributed by atoms with Gasteiger partial charge < -0.3 is 4.74 Å². The van der Waals surface area contributed by atoms with E-state index in [0.29, 0.717) is 6.04 Å². The second kappa shape index (κ2) is 9.53. The Morgan fingerprint density at radius 1 is 0.931 bits per heavy atom. The molecular weight excluding hydrogens is 356 g/mol. The molecule has 1 heterocycles. The summed E-state index contributed by atoms with van der Waals surface area (Å²) >= 11 is 0. The first kappa shape index (κ1) is 19.4. The zero-order valence-corrected chi connectivity index (χ0v) is 17.0.